The van der Waals surface area contributed by atoms with Gasteiger partial charge >= 0.3 is 0 Å². The molecule has 0 aliphatic rings. The number of benzene rings is 2. The van der Waals surface area contributed by atoms with Gasteiger partial charge in [-0.05, 0) is 42.3 Å². The van der Waals surface area contributed by atoms with Gasteiger partial charge in [-0.15, -0.1) is 5.11 Å². The van der Waals surface area contributed by atoms with E-state index in [9.17, 15) is 5.11 Å². The molecule has 5 heteroatoms. The lowest BCUT2D eigenvalue weighted by molar-refractivity contribution is 0.275. The van der Waals surface area contributed by atoms with Crippen molar-refractivity contribution < 1.29 is 15.3 Å². The molecule has 0 bridgehead atoms. The molecule has 2 rings (SSSR count). The first-order valence-electron chi connectivity index (χ1n) is 6.19. The fraction of sp³-hybridized carbons (Fsp3) is 0.200. The summed E-state index contributed by atoms with van der Waals surface area (Å²) in [7, 11) is 0. The molecular formula is C15H16N2O3. The second kappa shape index (κ2) is 6.27. The topological polar surface area (TPSA) is 85.4 Å². The van der Waals surface area contributed by atoms with Gasteiger partial charge in [0.05, 0.1) is 18.9 Å². The monoisotopic (exact) mass is 272 g/mol. The molecule has 0 aliphatic carbocycles. The number of nitrogens with zero attached hydrogens (tertiary/aromatic N) is 2. The van der Waals surface area contributed by atoms with E-state index >= 15 is 0 Å². The highest BCUT2D eigenvalue weighted by Gasteiger charge is 2.07. The summed E-state index contributed by atoms with van der Waals surface area (Å²) in [5.41, 5.74) is 3.05. The van der Waals surface area contributed by atoms with Gasteiger partial charge in [-0.2, -0.15) is 5.11 Å². The van der Waals surface area contributed by atoms with E-state index in [-0.39, 0.29) is 19.0 Å². The van der Waals surface area contributed by atoms with Crippen molar-refractivity contribution in [1.29, 1.82) is 0 Å². The van der Waals surface area contributed by atoms with Crippen LogP contribution in [0.15, 0.2) is 46.6 Å². The first-order chi connectivity index (χ1) is 9.63. The van der Waals surface area contributed by atoms with Crippen molar-refractivity contribution in [3.63, 3.8) is 0 Å². The smallest absolute Gasteiger partial charge is 0.148 e. The van der Waals surface area contributed by atoms with Gasteiger partial charge in [0.2, 0.25) is 0 Å². The van der Waals surface area contributed by atoms with Crippen LogP contribution in [0.1, 0.15) is 16.7 Å². The molecule has 0 spiro atoms. The Labute approximate surface area is 116 Å². The first kappa shape index (κ1) is 14.2. The van der Waals surface area contributed by atoms with Crippen molar-refractivity contribution in [3.8, 4) is 5.75 Å². The van der Waals surface area contributed by atoms with E-state index in [1.54, 1.807) is 36.4 Å². The Morgan fingerprint density at radius 2 is 1.65 bits per heavy atom. The minimum absolute atomic E-state index is 0.0179. The Hall–Kier alpha value is -2.24. The van der Waals surface area contributed by atoms with Gasteiger partial charge in [-0.1, -0.05) is 12.1 Å². The zero-order valence-electron chi connectivity index (χ0n) is 11.1. The van der Waals surface area contributed by atoms with Crippen LogP contribution in [-0.4, -0.2) is 15.3 Å². The van der Waals surface area contributed by atoms with Crippen LogP contribution in [-0.2, 0) is 13.2 Å². The summed E-state index contributed by atoms with van der Waals surface area (Å²) in [5, 5.41) is 36.1. The summed E-state index contributed by atoms with van der Waals surface area (Å²) in [6.07, 6.45) is 0. The predicted octanol–water partition coefficient (Wildman–Crippen LogP) is 3.10. The maximum atomic E-state index is 9.93. The molecule has 0 aromatic heterocycles. The zero-order chi connectivity index (χ0) is 14.5. The van der Waals surface area contributed by atoms with Crippen molar-refractivity contribution in [2.45, 2.75) is 20.1 Å². The molecule has 5 nitrogen and oxygen atoms in total. The van der Waals surface area contributed by atoms with Crippen LogP contribution in [0.2, 0.25) is 0 Å². The number of phenols is 1. The quantitative estimate of drug-likeness (QED) is 0.747. The summed E-state index contributed by atoms with van der Waals surface area (Å²) in [6.45, 7) is 1.59. The Morgan fingerprint density at radius 3 is 2.25 bits per heavy atom. The second-order valence-electron chi connectivity index (χ2n) is 4.47. The van der Waals surface area contributed by atoms with E-state index in [0.717, 1.165) is 11.1 Å². The number of aliphatic hydroxyl groups is 2. The molecule has 2 aromatic rings. The molecule has 0 unspecified atom stereocenters. The first-order valence-corrected chi connectivity index (χ1v) is 6.19. The maximum Gasteiger partial charge on any atom is 0.148 e. The molecule has 0 radical (unpaired) electrons. The highest BCUT2D eigenvalue weighted by atomic mass is 16.3. The lowest BCUT2D eigenvalue weighted by Crippen LogP contribution is -1.86. The number of rotatable bonds is 4. The molecule has 0 fully saturated rings. The largest absolute Gasteiger partial charge is 0.505 e. The Bertz CT molecular complexity index is 622. The molecule has 3 N–H and O–H groups in total. The third kappa shape index (κ3) is 3.20. The third-order valence-electron chi connectivity index (χ3n) is 2.88. The number of aliphatic hydroxyl groups excluding tert-OH is 2. The van der Waals surface area contributed by atoms with Crippen molar-refractivity contribution in [2.75, 3.05) is 0 Å². The molecule has 0 aliphatic heterocycles. The van der Waals surface area contributed by atoms with Crippen LogP contribution < -0.4 is 0 Å². The molecule has 20 heavy (non-hydrogen) atoms. The van der Waals surface area contributed by atoms with E-state index in [2.05, 4.69) is 10.2 Å². The average Bonchev–Trinajstić information content (AvgIpc) is 2.48. The molecule has 0 amide bonds. The molecule has 0 heterocycles. The minimum atomic E-state index is -0.249. The molecule has 0 saturated heterocycles. The van der Waals surface area contributed by atoms with Gasteiger partial charge in [-0.3, -0.25) is 0 Å². The number of hydrogen-bond acceptors (Lipinski definition) is 5. The fourth-order valence-electron chi connectivity index (χ4n) is 1.81. The summed E-state index contributed by atoms with van der Waals surface area (Å²) in [6, 6.07) is 10.4. The Morgan fingerprint density at radius 1 is 0.950 bits per heavy atom. The van der Waals surface area contributed by atoms with Crippen LogP contribution in [0.4, 0.5) is 11.4 Å². The summed E-state index contributed by atoms with van der Waals surface area (Å²) in [5.74, 6) is -0.0613. The minimum Gasteiger partial charge on any atom is -0.505 e. The molecule has 104 valence electrons. The molecule has 0 saturated carbocycles. The number of aryl methyl sites for hydroxylation is 1. The average molecular weight is 272 g/mol. The predicted molar refractivity (Wildman–Crippen MR) is 75.3 cm³/mol. The van der Waals surface area contributed by atoms with Gasteiger partial charge < -0.3 is 15.3 Å². The van der Waals surface area contributed by atoms with E-state index in [1.807, 2.05) is 6.92 Å². The van der Waals surface area contributed by atoms with Crippen LogP contribution in [0.25, 0.3) is 0 Å². The lowest BCUT2D eigenvalue weighted by atomic mass is 10.1. The van der Waals surface area contributed by atoms with Crippen LogP contribution >= 0.6 is 0 Å². The van der Waals surface area contributed by atoms with Gasteiger partial charge in [0, 0.05) is 5.56 Å². The van der Waals surface area contributed by atoms with Gasteiger partial charge in [-0.25, -0.2) is 0 Å². The van der Waals surface area contributed by atoms with Gasteiger partial charge in [0.15, 0.2) is 0 Å². The third-order valence-corrected chi connectivity index (χ3v) is 2.88. The van der Waals surface area contributed by atoms with Gasteiger partial charge in [0.1, 0.15) is 11.4 Å². The normalized spacial score (nSPS) is 11.2. The standard InChI is InChI=1S/C15H16N2O3/c1-10-6-12(9-19)15(20)14(7-10)17-16-13-4-2-11(8-18)3-5-13/h2-7,18-20H,8-9H2,1H3/b17-16+. The van der Waals surface area contributed by atoms with E-state index < -0.39 is 0 Å². The van der Waals surface area contributed by atoms with Crippen LogP contribution in [0.3, 0.4) is 0 Å². The second-order valence-corrected chi connectivity index (χ2v) is 4.47. The SMILES string of the molecule is Cc1cc(CO)c(O)c(/N=N/c2ccc(CO)cc2)c1. The summed E-state index contributed by atoms with van der Waals surface area (Å²) in [4.78, 5) is 0. The van der Waals surface area contributed by atoms with Crippen molar-refractivity contribution in [3.05, 3.63) is 53.1 Å². The number of azo groups is 1. The van der Waals surface area contributed by atoms with Crippen molar-refractivity contribution in [2.24, 2.45) is 10.2 Å². The Kier molecular flexibility index (Phi) is 4.45. The highest BCUT2D eigenvalue weighted by Crippen LogP contribution is 2.33. The van der Waals surface area contributed by atoms with Crippen LogP contribution in [0.5, 0.6) is 5.75 Å². The Balaban J connectivity index is 2.28. The van der Waals surface area contributed by atoms with Crippen molar-refractivity contribution >= 4 is 11.4 Å². The fourth-order valence-corrected chi connectivity index (χ4v) is 1.81. The van der Waals surface area contributed by atoms with E-state index in [0.29, 0.717) is 16.9 Å². The maximum absolute atomic E-state index is 9.93. The number of hydrogen-bond donors (Lipinski definition) is 3. The zero-order valence-corrected chi connectivity index (χ0v) is 11.1. The highest BCUT2D eigenvalue weighted by molar-refractivity contribution is 5.57. The van der Waals surface area contributed by atoms with Gasteiger partial charge in [0.25, 0.3) is 0 Å². The van der Waals surface area contributed by atoms with E-state index in [1.165, 1.54) is 0 Å². The van der Waals surface area contributed by atoms with Crippen LogP contribution in [0, 0.1) is 6.92 Å². The van der Waals surface area contributed by atoms with E-state index in [4.69, 9.17) is 10.2 Å². The number of aromatic hydroxyl groups is 1. The van der Waals surface area contributed by atoms with Crippen molar-refractivity contribution in [1.82, 2.24) is 0 Å². The summed E-state index contributed by atoms with van der Waals surface area (Å²) < 4.78 is 0. The molecule has 0 atom stereocenters. The summed E-state index contributed by atoms with van der Waals surface area (Å²) >= 11 is 0. The molecule has 2 aromatic carbocycles. The lowest BCUT2D eigenvalue weighted by Gasteiger charge is -2.05. The molecular weight excluding hydrogens is 256 g/mol.